The van der Waals surface area contributed by atoms with Crippen LogP contribution in [0.25, 0.3) is 10.9 Å². The summed E-state index contributed by atoms with van der Waals surface area (Å²) in [6.07, 6.45) is 2.07. The molecule has 2 N–H and O–H groups in total. The first-order valence-corrected chi connectivity index (χ1v) is 15.0. The van der Waals surface area contributed by atoms with Gasteiger partial charge in [-0.2, -0.15) is 9.68 Å². The van der Waals surface area contributed by atoms with Gasteiger partial charge in [0.05, 0.1) is 11.1 Å². The number of aryl methyl sites for hydroxylation is 1. The lowest BCUT2D eigenvalue weighted by Crippen LogP contribution is -2.32. The molecular formula is C29H35N6S2+. The van der Waals surface area contributed by atoms with Crippen LogP contribution in [0.5, 0.6) is 0 Å². The zero-order valence-corrected chi connectivity index (χ0v) is 23.4. The van der Waals surface area contributed by atoms with Gasteiger partial charge in [0.25, 0.3) is 0 Å². The Morgan fingerprint density at radius 1 is 0.757 bits per heavy atom. The molecule has 0 saturated carbocycles. The van der Waals surface area contributed by atoms with Crippen molar-refractivity contribution in [3.63, 3.8) is 0 Å². The number of rotatable bonds is 12. The Morgan fingerprint density at radius 3 is 1.97 bits per heavy atom. The van der Waals surface area contributed by atoms with E-state index >= 15 is 0 Å². The summed E-state index contributed by atoms with van der Waals surface area (Å²) >= 11 is 0. The molecule has 37 heavy (non-hydrogen) atoms. The number of hydrogen-bond donors (Lipinski definition) is 1. The number of nitrogens with zero attached hydrogens (tertiary/aromatic N) is 5. The number of hydrogen-bond acceptors (Lipinski definition) is 7. The minimum Gasteiger partial charge on any atom is -0.399 e. The Balaban J connectivity index is 1.22. The van der Waals surface area contributed by atoms with E-state index in [-0.39, 0.29) is 0 Å². The fourth-order valence-corrected chi connectivity index (χ4v) is 6.06. The first-order chi connectivity index (χ1) is 18.0. The summed E-state index contributed by atoms with van der Waals surface area (Å²) < 4.78 is 2.22. The molecule has 0 fully saturated rings. The second-order valence-electron chi connectivity index (χ2n) is 8.80. The highest BCUT2D eigenvalue weighted by Crippen LogP contribution is 2.27. The molecule has 0 aliphatic rings. The number of aromatic nitrogens is 1. The van der Waals surface area contributed by atoms with Crippen molar-refractivity contribution in [1.82, 2.24) is 0 Å². The maximum atomic E-state index is 5.78. The molecule has 0 saturated heterocycles. The molecular weight excluding hydrogens is 496 g/mol. The smallest absolute Gasteiger partial charge is 0.214 e. The van der Waals surface area contributed by atoms with Crippen molar-refractivity contribution in [1.29, 1.82) is 0 Å². The first kappa shape index (κ1) is 26.8. The number of anilines is 3. The predicted octanol–water partition coefficient (Wildman–Crippen LogP) is 7.10. The van der Waals surface area contributed by atoms with E-state index in [0.29, 0.717) is 0 Å². The van der Waals surface area contributed by atoms with Crippen molar-refractivity contribution in [2.24, 2.45) is 10.2 Å². The molecule has 3 aromatic carbocycles. The van der Waals surface area contributed by atoms with Gasteiger partial charge in [0.15, 0.2) is 6.20 Å². The predicted molar refractivity (Wildman–Crippen MR) is 163 cm³/mol. The SMILES string of the molecule is CC[n+]1ccc(N=Nc2ccc(N(C)CCSSCCN(C)c3ccc(N)cc3)cc2)c2ccccc21. The zero-order chi connectivity index (χ0) is 26.0. The van der Waals surface area contributed by atoms with Gasteiger partial charge in [0, 0.05) is 67.9 Å². The number of para-hydroxylation sites is 1. The quantitative estimate of drug-likeness (QED) is 0.0695. The minimum absolute atomic E-state index is 0.802. The van der Waals surface area contributed by atoms with Gasteiger partial charge in [0.1, 0.15) is 12.2 Å². The molecule has 0 spiro atoms. The summed E-state index contributed by atoms with van der Waals surface area (Å²) in [5, 5.41) is 10.2. The topological polar surface area (TPSA) is 61.1 Å². The van der Waals surface area contributed by atoms with Gasteiger partial charge in [-0.05, 0) is 61.5 Å². The lowest BCUT2D eigenvalue weighted by Gasteiger charge is -2.20. The molecule has 0 radical (unpaired) electrons. The van der Waals surface area contributed by atoms with Gasteiger partial charge < -0.3 is 15.5 Å². The Labute approximate surface area is 228 Å². The van der Waals surface area contributed by atoms with Crippen LogP contribution in [0.3, 0.4) is 0 Å². The fourth-order valence-electron chi connectivity index (χ4n) is 3.97. The van der Waals surface area contributed by atoms with Crippen molar-refractivity contribution < 1.29 is 4.57 Å². The third-order valence-electron chi connectivity index (χ3n) is 6.24. The van der Waals surface area contributed by atoms with E-state index in [1.165, 1.54) is 16.9 Å². The normalized spacial score (nSPS) is 11.3. The molecule has 4 rings (SSSR count). The Bertz CT molecular complexity index is 1310. The third-order valence-corrected chi connectivity index (χ3v) is 8.61. The summed E-state index contributed by atoms with van der Waals surface area (Å²) in [4.78, 5) is 4.54. The molecule has 0 aliphatic carbocycles. The van der Waals surface area contributed by atoms with Gasteiger partial charge >= 0.3 is 0 Å². The van der Waals surface area contributed by atoms with Crippen LogP contribution in [0.4, 0.5) is 28.4 Å². The molecule has 0 atom stereocenters. The summed E-state index contributed by atoms with van der Waals surface area (Å²) in [5.41, 5.74) is 11.9. The monoisotopic (exact) mass is 531 g/mol. The van der Waals surface area contributed by atoms with E-state index in [0.717, 1.165) is 53.6 Å². The standard InChI is InChI=1S/C29H35N6S2/c1-4-35-18-17-28(27-7-5-6-8-29(27)35)32-31-24-11-15-26(16-12-24)34(3)20-22-37-36-21-19-33(2)25-13-9-23(30)10-14-25/h5-18H,4,19-22,30H2,1-3H3/q+1. The molecule has 4 aromatic rings. The molecule has 1 heterocycles. The van der Waals surface area contributed by atoms with Crippen LogP contribution in [0.15, 0.2) is 95.3 Å². The highest BCUT2D eigenvalue weighted by Gasteiger charge is 2.10. The maximum Gasteiger partial charge on any atom is 0.214 e. The molecule has 0 amide bonds. The Hall–Kier alpha value is -3.23. The summed E-state index contributed by atoms with van der Waals surface area (Å²) in [7, 11) is 8.10. The number of fused-ring (bicyclic) bond motifs is 1. The molecule has 0 aliphatic heterocycles. The van der Waals surface area contributed by atoms with Crippen LogP contribution in [-0.2, 0) is 6.54 Å². The number of benzene rings is 3. The van der Waals surface area contributed by atoms with E-state index in [1.54, 1.807) is 0 Å². The lowest BCUT2D eigenvalue weighted by atomic mass is 10.2. The molecule has 0 bridgehead atoms. The first-order valence-electron chi connectivity index (χ1n) is 12.5. The third kappa shape index (κ3) is 7.40. The number of nitrogen functional groups attached to an aromatic ring is 1. The van der Waals surface area contributed by atoms with Crippen molar-refractivity contribution >= 4 is 60.9 Å². The second kappa shape index (κ2) is 13.4. The van der Waals surface area contributed by atoms with Gasteiger partial charge in [-0.3, -0.25) is 0 Å². The van der Waals surface area contributed by atoms with Gasteiger partial charge in [-0.15, -0.1) is 5.11 Å². The minimum atomic E-state index is 0.802. The van der Waals surface area contributed by atoms with Gasteiger partial charge in [0.2, 0.25) is 5.52 Å². The van der Waals surface area contributed by atoms with E-state index < -0.39 is 0 Å². The highest BCUT2D eigenvalue weighted by atomic mass is 33.1. The summed E-state index contributed by atoms with van der Waals surface area (Å²) in [6, 6.07) is 26.7. The summed E-state index contributed by atoms with van der Waals surface area (Å²) in [6.45, 7) is 5.06. The van der Waals surface area contributed by atoms with E-state index in [4.69, 9.17) is 5.73 Å². The highest BCUT2D eigenvalue weighted by molar-refractivity contribution is 8.76. The fraction of sp³-hybridized carbons (Fsp3) is 0.276. The zero-order valence-electron chi connectivity index (χ0n) is 21.7. The molecule has 0 unspecified atom stereocenters. The van der Waals surface area contributed by atoms with E-state index in [2.05, 4.69) is 94.3 Å². The average molecular weight is 532 g/mol. The molecule has 192 valence electrons. The Morgan fingerprint density at radius 2 is 1.35 bits per heavy atom. The molecule has 8 heteroatoms. The van der Waals surface area contributed by atoms with Crippen LogP contribution < -0.4 is 20.1 Å². The van der Waals surface area contributed by atoms with Crippen LogP contribution >= 0.6 is 21.6 Å². The second-order valence-corrected chi connectivity index (χ2v) is 11.5. The van der Waals surface area contributed by atoms with Crippen LogP contribution in [0.1, 0.15) is 6.92 Å². The van der Waals surface area contributed by atoms with E-state index in [9.17, 15) is 0 Å². The molecule has 6 nitrogen and oxygen atoms in total. The van der Waals surface area contributed by atoms with Crippen molar-refractivity contribution in [2.45, 2.75) is 13.5 Å². The van der Waals surface area contributed by atoms with E-state index in [1.807, 2.05) is 58.0 Å². The van der Waals surface area contributed by atoms with Crippen LogP contribution in [0.2, 0.25) is 0 Å². The van der Waals surface area contributed by atoms with Gasteiger partial charge in [-0.1, -0.05) is 33.7 Å². The number of pyridine rings is 1. The Kier molecular flexibility index (Phi) is 9.68. The number of azo groups is 1. The average Bonchev–Trinajstić information content (AvgIpc) is 2.94. The maximum absolute atomic E-state index is 5.78. The molecule has 1 aromatic heterocycles. The van der Waals surface area contributed by atoms with Crippen LogP contribution in [-0.4, -0.2) is 38.7 Å². The largest absolute Gasteiger partial charge is 0.399 e. The van der Waals surface area contributed by atoms with Gasteiger partial charge in [-0.25, -0.2) is 0 Å². The number of nitrogens with two attached hydrogens (primary N) is 1. The summed E-state index contributed by atoms with van der Waals surface area (Å²) in [5.74, 6) is 2.14. The van der Waals surface area contributed by atoms with Crippen molar-refractivity contribution in [3.8, 4) is 0 Å². The van der Waals surface area contributed by atoms with Crippen molar-refractivity contribution in [3.05, 3.63) is 85.1 Å². The van der Waals surface area contributed by atoms with Crippen LogP contribution in [0, 0.1) is 0 Å². The lowest BCUT2D eigenvalue weighted by molar-refractivity contribution is -0.667. The van der Waals surface area contributed by atoms with Crippen molar-refractivity contribution in [2.75, 3.05) is 54.2 Å².